The highest BCUT2D eigenvalue weighted by Gasteiger charge is 2.45. The zero-order valence-electron chi connectivity index (χ0n) is 14.3. The molecule has 128 valence electrons. The molecule has 3 aliphatic rings. The first-order valence-electron chi connectivity index (χ1n) is 9.06. The molecule has 0 spiro atoms. The molecule has 2 atom stereocenters. The van der Waals surface area contributed by atoms with Crippen LogP contribution in [-0.4, -0.2) is 23.4 Å². The highest BCUT2D eigenvalue weighted by Crippen LogP contribution is 2.56. The normalized spacial score (nSPS) is 23.4. The van der Waals surface area contributed by atoms with Gasteiger partial charge in [-0.2, -0.15) is 0 Å². The van der Waals surface area contributed by atoms with Gasteiger partial charge in [0.25, 0.3) is 0 Å². The Bertz CT molecular complexity index is 801. The number of aliphatic hydroxyl groups is 2. The molecule has 3 aliphatic carbocycles. The summed E-state index contributed by atoms with van der Waals surface area (Å²) >= 11 is 0. The fourth-order valence-electron chi connectivity index (χ4n) is 4.80. The van der Waals surface area contributed by atoms with Crippen LogP contribution in [-0.2, 0) is 0 Å². The summed E-state index contributed by atoms with van der Waals surface area (Å²) in [6, 6.07) is 8.47. The van der Waals surface area contributed by atoms with Crippen molar-refractivity contribution >= 4 is 6.08 Å². The van der Waals surface area contributed by atoms with Crippen LogP contribution in [0, 0.1) is 11.3 Å². The van der Waals surface area contributed by atoms with Crippen LogP contribution < -0.4 is 0 Å². The topological polar surface area (TPSA) is 40.5 Å². The monoisotopic (exact) mass is 332 g/mol. The first-order valence-corrected chi connectivity index (χ1v) is 9.06. The molecule has 2 nitrogen and oxygen atoms in total. The number of hydrogen-bond acceptors (Lipinski definition) is 2. The van der Waals surface area contributed by atoms with E-state index in [4.69, 9.17) is 0 Å². The molecular formula is C23H24O2. The van der Waals surface area contributed by atoms with Gasteiger partial charge in [-0.15, -0.1) is 0 Å². The van der Waals surface area contributed by atoms with Crippen LogP contribution in [0.3, 0.4) is 0 Å². The smallest absolute Gasteiger partial charge is 0.0439 e. The lowest BCUT2D eigenvalue weighted by Gasteiger charge is -2.43. The minimum atomic E-state index is -0.273. The Morgan fingerprint density at radius 3 is 2.48 bits per heavy atom. The molecule has 0 fully saturated rings. The van der Waals surface area contributed by atoms with E-state index in [1.165, 1.54) is 22.3 Å². The minimum Gasteiger partial charge on any atom is -0.396 e. The van der Waals surface area contributed by atoms with Crippen LogP contribution in [0.4, 0.5) is 0 Å². The Morgan fingerprint density at radius 2 is 1.68 bits per heavy atom. The van der Waals surface area contributed by atoms with Gasteiger partial charge in [-0.1, -0.05) is 78.4 Å². The molecule has 2 unspecified atom stereocenters. The molecular weight excluding hydrogens is 308 g/mol. The van der Waals surface area contributed by atoms with Crippen LogP contribution in [0.15, 0.2) is 77.9 Å². The van der Waals surface area contributed by atoms with Crippen molar-refractivity contribution in [1.82, 2.24) is 0 Å². The SMILES string of the molecule is OCCC(CCO)(C1=CC=C2C=CC=CC21)C1C=Cc2ccccc21. The number of hydrogen-bond donors (Lipinski definition) is 2. The van der Waals surface area contributed by atoms with Crippen molar-refractivity contribution in [2.24, 2.45) is 11.3 Å². The summed E-state index contributed by atoms with van der Waals surface area (Å²) < 4.78 is 0. The van der Waals surface area contributed by atoms with E-state index in [0.29, 0.717) is 12.8 Å². The van der Waals surface area contributed by atoms with Gasteiger partial charge in [0.2, 0.25) is 0 Å². The van der Waals surface area contributed by atoms with Crippen LogP contribution in [0.1, 0.15) is 29.9 Å². The van der Waals surface area contributed by atoms with Crippen LogP contribution in [0.2, 0.25) is 0 Å². The van der Waals surface area contributed by atoms with E-state index < -0.39 is 0 Å². The molecule has 0 amide bonds. The third kappa shape index (κ3) is 2.57. The highest BCUT2D eigenvalue weighted by atomic mass is 16.3. The molecule has 2 heteroatoms. The van der Waals surface area contributed by atoms with Crippen LogP contribution in [0.5, 0.6) is 0 Å². The van der Waals surface area contributed by atoms with Crippen molar-refractivity contribution in [3.63, 3.8) is 0 Å². The molecule has 0 saturated carbocycles. The second kappa shape index (κ2) is 6.62. The zero-order valence-corrected chi connectivity index (χ0v) is 14.3. The van der Waals surface area contributed by atoms with E-state index in [9.17, 15) is 10.2 Å². The van der Waals surface area contributed by atoms with Gasteiger partial charge in [-0.25, -0.2) is 0 Å². The zero-order chi connectivity index (χ0) is 17.3. The quantitative estimate of drug-likeness (QED) is 0.821. The lowest BCUT2D eigenvalue weighted by Crippen LogP contribution is -2.34. The molecule has 0 aliphatic heterocycles. The molecule has 0 bridgehead atoms. The van der Waals surface area contributed by atoms with E-state index >= 15 is 0 Å². The van der Waals surface area contributed by atoms with E-state index in [2.05, 4.69) is 72.9 Å². The fraction of sp³-hybridized carbons (Fsp3) is 0.304. The second-order valence-corrected chi connectivity index (χ2v) is 7.08. The van der Waals surface area contributed by atoms with Gasteiger partial charge in [-0.3, -0.25) is 0 Å². The molecule has 4 rings (SSSR count). The predicted molar refractivity (Wildman–Crippen MR) is 102 cm³/mol. The Hall–Kier alpha value is -2.16. The lowest BCUT2D eigenvalue weighted by atomic mass is 9.61. The molecule has 1 aromatic carbocycles. The lowest BCUT2D eigenvalue weighted by molar-refractivity contribution is 0.145. The van der Waals surface area contributed by atoms with Crippen molar-refractivity contribution in [1.29, 1.82) is 0 Å². The van der Waals surface area contributed by atoms with Crippen molar-refractivity contribution in [2.45, 2.75) is 18.8 Å². The minimum absolute atomic E-state index is 0.117. The fourth-order valence-corrected chi connectivity index (χ4v) is 4.80. The number of rotatable bonds is 6. The molecule has 25 heavy (non-hydrogen) atoms. The van der Waals surface area contributed by atoms with Gasteiger partial charge in [0.05, 0.1) is 0 Å². The molecule has 2 N–H and O–H groups in total. The summed E-state index contributed by atoms with van der Waals surface area (Å²) in [7, 11) is 0. The second-order valence-electron chi connectivity index (χ2n) is 7.08. The average molecular weight is 332 g/mol. The van der Waals surface area contributed by atoms with Crippen LogP contribution >= 0.6 is 0 Å². The van der Waals surface area contributed by atoms with E-state index in [0.717, 1.165) is 0 Å². The van der Waals surface area contributed by atoms with Crippen molar-refractivity contribution in [3.05, 3.63) is 89.1 Å². The van der Waals surface area contributed by atoms with Crippen molar-refractivity contribution < 1.29 is 10.2 Å². The van der Waals surface area contributed by atoms with Gasteiger partial charge in [0, 0.05) is 30.5 Å². The maximum atomic E-state index is 9.91. The molecule has 0 radical (unpaired) electrons. The van der Waals surface area contributed by atoms with Gasteiger partial charge >= 0.3 is 0 Å². The Kier molecular flexibility index (Phi) is 4.32. The predicted octanol–water partition coefficient (Wildman–Crippen LogP) is 4.16. The summed E-state index contributed by atoms with van der Waals surface area (Å²) in [5, 5.41) is 19.8. The van der Waals surface area contributed by atoms with Crippen molar-refractivity contribution in [2.75, 3.05) is 13.2 Å². The molecule has 0 heterocycles. The maximum Gasteiger partial charge on any atom is 0.0439 e. The molecule has 0 aromatic heterocycles. The summed E-state index contributed by atoms with van der Waals surface area (Å²) in [4.78, 5) is 0. The highest BCUT2D eigenvalue weighted by molar-refractivity contribution is 5.64. The molecule has 0 saturated heterocycles. The summed E-state index contributed by atoms with van der Waals surface area (Å²) in [5.41, 5.74) is 4.89. The Balaban J connectivity index is 1.80. The average Bonchev–Trinajstić information content (AvgIpc) is 3.26. The summed E-state index contributed by atoms with van der Waals surface area (Å²) in [6.45, 7) is 0.233. The molecule has 1 aromatic rings. The number of aliphatic hydroxyl groups excluding tert-OH is 2. The van der Waals surface area contributed by atoms with E-state index in [-0.39, 0.29) is 30.5 Å². The van der Waals surface area contributed by atoms with Gasteiger partial charge in [-0.05, 0) is 29.5 Å². The van der Waals surface area contributed by atoms with Gasteiger partial charge < -0.3 is 10.2 Å². The van der Waals surface area contributed by atoms with Crippen LogP contribution in [0.25, 0.3) is 6.08 Å². The third-order valence-electron chi connectivity index (χ3n) is 5.94. The van der Waals surface area contributed by atoms with E-state index in [1.807, 2.05) is 0 Å². The Labute approximate surface area is 149 Å². The standard InChI is InChI=1S/C23H24O2/c24-15-13-23(14-16-25,21-11-9-17-5-1-3-7-19(17)21)22-12-10-18-6-2-4-8-20(18)22/h1-12,19,22,24-25H,13-16H2. The van der Waals surface area contributed by atoms with Gasteiger partial charge in [0.15, 0.2) is 0 Å². The number of allylic oxidation sites excluding steroid dienone is 9. The first kappa shape index (κ1) is 16.3. The summed E-state index contributed by atoms with van der Waals surface area (Å²) in [6.07, 6.45) is 18.7. The Morgan fingerprint density at radius 1 is 0.880 bits per heavy atom. The van der Waals surface area contributed by atoms with Gasteiger partial charge in [0.1, 0.15) is 0 Å². The number of fused-ring (bicyclic) bond motifs is 2. The summed E-state index contributed by atoms with van der Waals surface area (Å²) in [5.74, 6) is 0.436. The third-order valence-corrected chi connectivity index (χ3v) is 5.94. The van der Waals surface area contributed by atoms with Crippen molar-refractivity contribution in [3.8, 4) is 0 Å². The largest absolute Gasteiger partial charge is 0.396 e. The number of benzene rings is 1. The van der Waals surface area contributed by atoms with E-state index in [1.54, 1.807) is 0 Å². The maximum absolute atomic E-state index is 9.91. The first-order chi connectivity index (χ1) is 12.3.